The molecule has 2 heteroatoms. The molecule has 2 atom stereocenters. The van der Waals surface area contributed by atoms with Crippen molar-refractivity contribution < 1.29 is 4.74 Å². The molecule has 1 fully saturated rings. The van der Waals surface area contributed by atoms with E-state index in [9.17, 15) is 0 Å². The van der Waals surface area contributed by atoms with Gasteiger partial charge in [-0.25, -0.2) is 0 Å². The first-order chi connectivity index (χ1) is 8.67. The largest absolute Gasteiger partial charge is 0.375 e. The normalized spacial score (nSPS) is 30.1. The van der Waals surface area contributed by atoms with Gasteiger partial charge in [0.15, 0.2) is 0 Å². The molecule has 1 saturated carbocycles. The topological polar surface area (TPSA) is 21.3 Å². The van der Waals surface area contributed by atoms with Crippen molar-refractivity contribution in [2.75, 3.05) is 6.61 Å². The van der Waals surface area contributed by atoms with E-state index >= 15 is 0 Å². The van der Waals surface area contributed by atoms with Crippen molar-refractivity contribution in [2.24, 2.45) is 5.41 Å². The standard InChI is InChI=1S/C16H23NO/c1-16(2)9-5-8-15(16)17-14-11-18-10-12-6-3-4-7-13(12)14/h3-4,6-7,14-15,17H,5,8-11H2,1-2H3. The fourth-order valence-corrected chi connectivity index (χ4v) is 3.40. The smallest absolute Gasteiger partial charge is 0.0721 e. The van der Waals surface area contributed by atoms with Gasteiger partial charge in [-0.3, -0.25) is 0 Å². The lowest BCUT2D eigenvalue weighted by molar-refractivity contribution is 0.0728. The molecule has 98 valence electrons. The maximum absolute atomic E-state index is 5.72. The van der Waals surface area contributed by atoms with Crippen molar-refractivity contribution in [1.29, 1.82) is 0 Å². The summed E-state index contributed by atoms with van der Waals surface area (Å²) in [4.78, 5) is 0. The lowest BCUT2D eigenvalue weighted by atomic mass is 9.86. The van der Waals surface area contributed by atoms with Crippen molar-refractivity contribution >= 4 is 0 Å². The van der Waals surface area contributed by atoms with Crippen LogP contribution in [-0.4, -0.2) is 12.6 Å². The first-order valence-corrected chi connectivity index (χ1v) is 7.08. The van der Waals surface area contributed by atoms with Crippen molar-refractivity contribution in [3.8, 4) is 0 Å². The minimum absolute atomic E-state index is 0.373. The van der Waals surface area contributed by atoms with E-state index < -0.39 is 0 Å². The summed E-state index contributed by atoms with van der Waals surface area (Å²) >= 11 is 0. The summed E-state index contributed by atoms with van der Waals surface area (Å²) in [6, 6.07) is 9.66. The molecule has 1 aliphatic carbocycles. The van der Waals surface area contributed by atoms with Crippen molar-refractivity contribution in [3.63, 3.8) is 0 Å². The van der Waals surface area contributed by atoms with Crippen LogP contribution in [0, 0.1) is 5.41 Å². The summed E-state index contributed by atoms with van der Waals surface area (Å²) in [6.45, 7) is 6.34. The number of hydrogen-bond donors (Lipinski definition) is 1. The summed E-state index contributed by atoms with van der Waals surface area (Å²) in [5, 5.41) is 3.84. The number of hydrogen-bond acceptors (Lipinski definition) is 2. The van der Waals surface area contributed by atoms with Gasteiger partial charge in [0, 0.05) is 6.04 Å². The van der Waals surface area contributed by atoms with Crippen LogP contribution in [0.2, 0.25) is 0 Å². The summed E-state index contributed by atoms with van der Waals surface area (Å²) in [7, 11) is 0. The number of fused-ring (bicyclic) bond motifs is 1. The van der Waals surface area contributed by atoms with Gasteiger partial charge in [0.25, 0.3) is 0 Å². The molecule has 18 heavy (non-hydrogen) atoms. The number of nitrogens with one attached hydrogen (secondary N) is 1. The van der Waals surface area contributed by atoms with E-state index in [-0.39, 0.29) is 0 Å². The van der Waals surface area contributed by atoms with E-state index in [4.69, 9.17) is 4.74 Å². The molecule has 0 saturated heterocycles. The van der Waals surface area contributed by atoms with Crippen LogP contribution in [0.3, 0.4) is 0 Å². The lowest BCUT2D eigenvalue weighted by Crippen LogP contribution is -2.42. The number of benzene rings is 1. The number of rotatable bonds is 2. The predicted molar refractivity (Wildman–Crippen MR) is 73.4 cm³/mol. The minimum Gasteiger partial charge on any atom is -0.375 e. The molecule has 1 heterocycles. The maximum atomic E-state index is 5.72. The maximum Gasteiger partial charge on any atom is 0.0721 e. The van der Waals surface area contributed by atoms with Crippen LogP contribution in [0.4, 0.5) is 0 Å². The van der Waals surface area contributed by atoms with E-state index in [0.29, 0.717) is 17.5 Å². The highest BCUT2D eigenvalue weighted by Crippen LogP contribution is 2.39. The van der Waals surface area contributed by atoms with Gasteiger partial charge in [-0.1, -0.05) is 44.5 Å². The molecule has 1 aromatic carbocycles. The zero-order valence-corrected chi connectivity index (χ0v) is 11.4. The lowest BCUT2D eigenvalue weighted by Gasteiger charge is -2.34. The second kappa shape index (κ2) is 4.67. The predicted octanol–water partition coefficient (Wildman–Crippen LogP) is 3.43. The van der Waals surface area contributed by atoms with Crippen LogP contribution in [0.1, 0.15) is 50.3 Å². The van der Waals surface area contributed by atoms with Crippen LogP contribution < -0.4 is 5.32 Å². The van der Waals surface area contributed by atoms with Crippen molar-refractivity contribution in [1.82, 2.24) is 5.32 Å². The third kappa shape index (κ3) is 2.19. The van der Waals surface area contributed by atoms with E-state index in [1.54, 1.807) is 0 Å². The van der Waals surface area contributed by atoms with Gasteiger partial charge in [0.05, 0.1) is 19.3 Å². The first-order valence-electron chi connectivity index (χ1n) is 7.08. The van der Waals surface area contributed by atoms with E-state index in [1.165, 1.54) is 30.4 Å². The molecule has 0 bridgehead atoms. The van der Waals surface area contributed by atoms with Gasteiger partial charge in [-0.2, -0.15) is 0 Å². The molecule has 1 N–H and O–H groups in total. The van der Waals surface area contributed by atoms with Crippen LogP contribution in [0.15, 0.2) is 24.3 Å². The van der Waals surface area contributed by atoms with Gasteiger partial charge < -0.3 is 10.1 Å². The van der Waals surface area contributed by atoms with E-state index in [0.717, 1.165) is 13.2 Å². The molecule has 0 spiro atoms. The molecule has 2 aliphatic rings. The molecular formula is C16H23NO. The summed E-state index contributed by atoms with van der Waals surface area (Å²) in [5.74, 6) is 0. The molecule has 1 aromatic rings. The Morgan fingerprint density at radius 2 is 2.11 bits per heavy atom. The Labute approximate surface area is 110 Å². The Morgan fingerprint density at radius 1 is 1.28 bits per heavy atom. The zero-order valence-electron chi connectivity index (χ0n) is 11.4. The third-order valence-corrected chi connectivity index (χ3v) is 4.63. The average Bonchev–Trinajstić information content (AvgIpc) is 2.69. The molecule has 1 aliphatic heterocycles. The van der Waals surface area contributed by atoms with Crippen molar-refractivity contribution in [3.05, 3.63) is 35.4 Å². The van der Waals surface area contributed by atoms with Crippen LogP contribution in [0.25, 0.3) is 0 Å². The van der Waals surface area contributed by atoms with E-state index in [1.807, 2.05) is 0 Å². The monoisotopic (exact) mass is 245 g/mol. The molecule has 2 unspecified atom stereocenters. The highest BCUT2D eigenvalue weighted by molar-refractivity contribution is 5.31. The van der Waals surface area contributed by atoms with Gasteiger partial charge in [0.2, 0.25) is 0 Å². The quantitative estimate of drug-likeness (QED) is 0.862. The van der Waals surface area contributed by atoms with Gasteiger partial charge >= 0.3 is 0 Å². The highest BCUT2D eigenvalue weighted by Gasteiger charge is 2.36. The summed E-state index contributed by atoms with van der Waals surface area (Å²) in [5.41, 5.74) is 3.20. The molecule has 2 nitrogen and oxygen atoms in total. The molecule has 0 radical (unpaired) electrons. The van der Waals surface area contributed by atoms with Crippen molar-refractivity contribution in [2.45, 2.75) is 51.8 Å². The SMILES string of the molecule is CC1(C)CCCC1NC1COCc2ccccc21. The fourth-order valence-electron chi connectivity index (χ4n) is 3.40. The second-order valence-corrected chi connectivity index (χ2v) is 6.37. The minimum atomic E-state index is 0.373. The van der Waals surface area contributed by atoms with E-state index in [2.05, 4.69) is 43.4 Å². The molecule has 0 amide bonds. The van der Waals surface area contributed by atoms with Gasteiger partial charge in [-0.05, 0) is 29.4 Å². The third-order valence-electron chi connectivity index (χ3n) is 4.63. The van der Waals surface area contributed by atoms with Crippen LogP contribution >= 0.6 is 0 Å². The first kappa shape index (κ1) is 12.2. The fraction of sp³-hybridized carbons (Fsp3) is 0.625. The Morgan fingerprint density at radius 3 is 2.89 bits per heavy atom. The Balaban J connectivity index is 1.78. The Hall–Kier alpha value is -0.860. The van der Waals surface area contributed by atoms with Gasteiger partial charge in [0.1, 0.15) is 0 Å². The average molecular weight is 245 g/mol. The van der Waals surface area contributed by atoms with Crippen LogP contribution in [0.5, 0.6) is 0 Å². The number of ether oxygens (including phenoxy) is 1. The molecular weight excluding hydrogens is 222 g/mol. The highest BCUT2D eigenvalue weighted by atomic mass is 16.5. The Kier molecular flexibility index (Phi) is 3.16. The molecule has 0 aromatic heterocycles. The second-order valence-electron chi connectivity index (χ2n) is 6.37. The van der Waals surface area contributed by atoms with Gasteiger partial charge in [-0.15, -0.1) is 0 Å². The van der Waals surface area contributed by atoms with Crippen LogP contribution in [-0.2, 0) is 11.3 Å². The molecule has 3 rings (SSSR count). The Bertz CT molecular complexity index is 427. The summed E-state index contributed by atoms with van der Waals surface area (Å²) < 4.78 is 5.72. The zero-order chi connectivity index (χ0) is 12.6. The summed E-state index contributed by atoms with van der Waals surface area (Å²) in [6.07, 6.45) is 3.98.